The molecule has 0 fully saturated rings. The first-order valence-corrected chi connectivity index (χ1v) is 6.66. The molecule has 0 aliphatic rings. The highest BCUT2D eigenvalue weighted by Gasteiger charge is 2.06. The summed E-state index contributed by atoms with van der Waals surface area (Å²) in [5, 5.41) is 2.35. The van der Waals surface area contributed by atoms with Crippen LogP contribution in [0.25, 0.3) is 4.96 Å². The van der Waals surface area contributed by atoms with Crippen molar-refractivity contribution in [2.45, 2.75) is 38.0 Å². The Labute approximate surface area is 98.9 Å². The van der Waals surface area contributed by atoms with Crippen LogP contribution in [0.15, 0.2) is 17.8 Å². The fraction of sp³-hybridized carbons (Fsp3) is 0.545. The number of fused-ring (bicyclic) bond motifs is 1. The summed E-state index contributed by atoms with van der Waals surface area (Å²) in [5.41, 5.74) is 1.16. The standard InChI is InChI=1S/C11H15ClN2S/c1-2-3-9(12)4-5-10-8-14-6-7-15-11(14)13-10/h6-9H,2-5H2,1H3. The van der Waals surface area contributed by atoms with E-state index in [0.29, 0.717) is 5.38 Å². The van der Waals surface area contributed by atoms with Crippen molar-refractivity contribution in [3.63, 3.8) is 0 Å². The first kappa shape index (κ1) is 11.0. The van der Waals surface area contributed by atoms with Gasteiger partial charge in [-0.05, 0) is 19.3 Å². The zero-order valence-corrected chi connectivity index (χ0v) is 10.4. The molecule has 0 aromatic carbocycles. The molecule has 0 saturated heterocycles. The average molecular weight is 243 g/mol. The predicted octanol–water partition coefficient (Wildman–Crippen LogP) is 3.74. The SMILES string of the molecule is CCCC(Cl)CCc1cn2ccsc2n1. The third kappa shape index (κ3) is 2.73. The molecule has 2 heterocycles. The Morgan fingerprint density at radius 1 is 1.53 bits per heavy atom. The molecule has 1 unspecified atom stereocenters. The smallest absolute Gasteiger partial charge is 0.193 e. The molecule has 15 heavy (non-hydrogen) atoms. The highest BCUT2D eigenvalue weighted by Crippen LogP contribution is 2.16. The van der Waals surface area contributed by atoms with Crippen molar-refractivity contribution in [3.8, 4) is 0 Å². The number of thiazole rings is 1. The van der Waals surface area contributed by atoms with Crippen molar-refractivity contribution >= 4 is 27.9 Å². The van der Waals surface area contributed by atoms with Gasteiger partial charge in [-0.2, -0.15) is 0 Å². The lowest BCUT2D eigenvalue weighted by atomic mass is 10.1. The van der Waals surface area contributed by atoms with E-state index in [1.54, 1.807) is 11.3 Å². The first-order valence-electron chi connectivity index (χ1n) is 5.34. The van der Waals surface area contributed by atoms with Crippen molar-refractivity contribution in [1.82, 2.24) is 9.38 Å². The molecule has 0 saturated carbocycles. The van der Waals surface area contributed by atoms with Gasteiger partial charge in [-0.25, -0.2) is 4.98 Å². The Kier molecular flexibility index (Phi) is 3.65. The quantitative estimate of drug-likeness (QED) is 0.731. The van der Waals surface area contributed by atoms with Crippen LogP contribution >= 0.6 is 22.9 Å². The molecule has 2 nitrogen and oxygen atoms in total. The normalized spacial score (nSPS) is 13.5. The highest BCUT2D eigenvalue weighted by molar-refractivity contribution is 7.15. The van der Waals surface area contributed by atoms with Crippen LogP contribution < -0.4 is 0 Å². The van der Waals surface area contributed by atoms with E-state index in [1.807, 2.05) is 11.6 Å². The Bertz CT molecular complexity index is 392. The predicted molar refractivity (Wildman–Crippen MR) is 65.9 cm³/mol. The van der Waals surface area contributed by atoms with Crippen molar-refractivity contribution in [2.75, 3.05) is 0 Å². The zero-order chi connectivity index (χ0) is 10.7. The maximum Gasteiger partial charge on any atom is 0.193 e. The van der Waals surface area contributed by atoms with E-state index >= 15 is 0 Å². The maximum atomic E-state index is 6.17. The Balaban J connectivity index is 1.92. The molecule has 0 aliphatic heterocycles. The molecule has 2 aromatic heterocycles. The van der Waals surface area contributed by atoms with E-state index in [1.165, 1.54) is 0 Å². The van der Waals surface area contributed by atoms with Gasteiger partial charge in [0.25, 0.3) is 0 Å². The number of aryl methyl sites for hydroxylation is 1. The third-order valence-electron chi connectivity index (χ3n) is 2.46. The van der Waals surface area contributed by atoms with Gasteiger partial charge >= 0.3 is 0 Å². The summed E-state index contributed by atoms with van der Waals surface area (Å²) in [6, 6.07) is 0. The minimum Gasteiger partial charge on any atom is -0.297 e. The Hall–Kier alpha value is -0.540. The van der Waals surface area contributed by atoms with Crippen LogP contribution in [0.2, 0.25) is 0 Å². The summed E-state index contributed by atoms with van der Waals surface area (Å²) in [4.78, 5) is 5.60. The van der Waals surface area contributed by atoms with Crippen molar-refractivity contribution in [2.24, 2.45) is 0 Å². The fourth-order valence-electron chi connectivity index (χ4n) is 1.66. The topological polar surface area (TPSA) is 17.3 Å². The van der Waals surface area contributed by atoms with Gasteiger partial charge in [0.15, 0.2) is 4.96 Å². The Morgan fingerprint density at radius 3 is 3.13 bits per heavy atom. The summed E-state index contributed by atoms with van der Waals surface area (Å²) in [7, 11) is 0. The molecule has 82 valence electrons. The maximum absolute atomic E-state index is 6.17. The lowest BCUT2D eigenvalue weighted by Gasteiger charge is -2.05. The highest BCUT2D eigenvalue weighted by atomic mass is 35.5. The second kappa shape index (κ2) is 4.99. The molecule has 0 aliphatic carbocycles. The lowest BCUT2D eigenvalue weighted by molar-refractivity contribution is 0.671. The zero-order valence-electron chi connectivity index (χ0n) is 8.82. The number of nitrogens with zero attached hydrogens (tertiary/aromatic N) is 2. The molecule has 0 amide bonds. The number of rotatable bonds is 5. The largest absolute Gasteiger partial charge is 0.297 e. The number of alkyl halides is 1. The van der Waals surface area contributed by atoms with Crippen LogP contribution in [0.4, 0.5) is 0 Å². The van der Waals surface area contributed by atoms with E-state index in [2.05, 4.69) is 22.5 Å². The number of hydrogen-bond acceptors (Lipinski definition) is 2. The third-order valence-corrected chi connectivity index (χ3v) is 3.67. The molecule has 2 aromatic rings. The van der Waals surface area contributed by atoms with Crippen molar-refractivity contribution < 1.29 is 0 Å². The van der Waals surface area contributed by atoms with Gasteiger partial charge in [0.2, 0.25) is 0 Å². The summed E-state index contributed by atoms with van der Waals surface area (Å²) in [5.74, 6) is 0. The molecule has 0 radical (unpaired) electrons. The summed E-state index contributed by atoms with van der Waals surface area (Å²) in [6.07, 6.45) is 8.42. The second-order valence-corrected chi connectivity index (χ2v) is 5.24. The van der Waals surface area contributed by atoms with Crippen LogP contribution in [-0.2, 0) is 6.42 Å². The number of aromatic nitrogens is 2. The minimum atomic E-state index is 0.301. The molecule has 4 heteroatoms. The molecule has 0 N–H and O–H groups in total. The van der Waals surface area contributed by atoms with Gasteiger partial charge < -0.3 is 0 Å². The molecular weight excluding hydrogens is 228 g/mol. The van der Waals surface area contributed by atoms with Gasteiger partial charge in [0, 0.05) is 23.2 Å². The van der Waals surface area contributed by atoms with Crippen molar-refractivity contribution in [1.29, 1.82) is 0 Å². The number of halogens is 1. The monoisotopic (exact) mass is 242 g/mol. The number of hydrogen-bond donors (Lipinski definition) is 0. The molecule has 2 rings (SSSR count). The van der Waals surface area contributed by atoms with E-state index in [-0.39, 0.29) is 0 Å². The van der Waals surface area contributed by atoms with Gasteiger partial charge in [-0.3, -0.25) is 4.40 Å². The van der Waals surface area contributed by atoms with E-state index in [0.717, 1.165) is 36.3 Å². The van der Waals surface area contributed by atoms with Crippen LogP contribution in [0.3, 0.4) is 0 Å². The van der Waals surface area contributed by atoms with Gasteiger partial charge in [0.1, 0.15) is 0 Å². The number of imidazole rings is 1. The molecule has 1 atom stereocenters. The average Bonchev–Trinajstić information content (AvgIpc) is 2.74. The van der Waals surface area contributed by atoms with Crippen LogP contribution in [-0.4, -0.2) is 14.8 Å². The first-order chi connectivity index (χ1) is 7.29. The Morgan fingerprint density at radius 2 is 2.40 bits per heavy atom. The van der Waals surface area contributed by atoms with Crippen LogP contribution in [0.1, 0.15) is 31.9 Å². The van der Waals surface area contributed by atoms with Crippen LogP contribution in [0.5, 0.6) is 0 Å². The van der Waals surface area contributed by atoms with Gasteiger partial charge in [0.05, 0.1) is 5.69 Å². The second-order valence-electron chi connectivity index (χ2n) is 3.75. The summed E-state index contributed by atoms with van der Waals surface area (Å²) in [6.45, 7) is 2.17. The molecular formula is C11H15ClN2S. The lowest BCUT2D eigenvalue weighted by Crippen LogP contribution is -2.00. The summed E-state index contributed by atoms with van der Waals surface area (Å²) >= 11 is 7.84. The van der Waals surface area contributed by atoms with E-state index in [9.17, 15) is 0 Å². The van der Waals surface area contributed by atoms with Gasteiger partial charge in [-0.1, -0.05) is 13.3 Å². The van der Waals surface area contributed by atoms with E-state index < -0.39 is 0 Å². The molecule has 0 spiro atoms. The minimum absolute atomic E-state index is 0.301. The molecule has 0 bridgehead atoms. The van der Waals surface area contributed by atoms with Crippen molar-refractivity contribution in [3.05, 3.63) is 23.5 Å². The van der Waals surface area contributed by atoms with Crippen LogP contribution in [0, 0.1) is 0 Å². The fourth-order valence-corrected chi connectivity index (χ4v) is 2.70. The van der Waals surface area contributed by atoms with E-state index in [4.69, 9.17) is 11.6 Å². The van der Waals surface area contributed by atoms with Gasteiger partial charge in [-0.15, -0.1) is 22.9 Å². The summed E-state index contributed by atoms with van der Waals surface area (Å²) < 4.78 is 2.07.